The second-order valence-electron chi connectivity index (χ2n) is 7.73. The first-order valence-corrected chi connectivity index (χ1v) is 10.7. The van der Waals surface area contributed by atoms with Crippen LogP contribution in [0.3, 0.4) is 0 Å². The Labute approximate surface area is 181 Å². The van der Waals surface area contributed by atoms with Crippen LogP contribution in [-0.4, -0.2) is 44.0 Å². The molecule has 0 unspecified atom stereocenters. The third-order valence-electron chi connectivity index (χ3n) is 5.15. The molecule has 2 amide bonds. The van der Waals surface area contributed by atoms with Crippen LogP contribution in [0.15, 0.2) is 6.07 Å². The van der Waals surface area contributed by atoms with Gasteiger partial charge in [0.15, 0.2) is 6.61 Å². The maximum atomic E-state index is 12.4. The van der Waals surface area contributed by atoms with Gasteiger partial charge >= 0.3 is 5.97 Å². The number of carbonyl (C=O) groups is 3. The summed E-state index contributed by atoms with van der Waals surface area (Å²) in [6.45, 7) is 5.23. The van der Waals surface area contributed by atoms with Crippen molar-refractivity contribution >= 4 is 39.9 Å². The number of amides is 2. The summed E-state index contributed by atoms with van der Waals surface area (Å²) in [5.41, 5.74) is 8.33. The molecule has 0 bridgehead atoms. The van der Waals surface area contributed by atoms with Crippen LogP contribution in [0.25, 0.3) is 5.78 Å². The largest absolute Gasteiger partial charge is 0.450 e. The lowest BCUT2D eigenvalue weighted by atomic mass is 9.88. The normalized spacial score (nSPS) is 15.5. The molecular formula is C20H22N6O4S. The third-order valence-corrected chi connectivity index (χ3v) is 6.32. The van der Waals surface area contributed by atoms with Crippen molar-refractivity contribution in [2.24, 2.45) is 11.7 Å². The molecule has 10 nitrogen and oxygen atoms in total. The predicted octanol–water partition coefficient (Wildman–Crippen LogP) is 1.82. The Kier molecular flexibility index (Phi) is 5.44. The molecule has 0 radical (unpaired) electrons. The van der Waals surface area contributed by atoms with E-state index in [9.17, 15) is 14.4 Å². The van der Waals surface area contributed by atoms with E-state index in [2.05, 4.69) is 27.3 Å². The van der Waals surface area contributed by atoms with Gasteiger partial charge in [-0.1, -0.05) is 6.92 Å². The van der Waals surface area contributed by atoms with Gasteiger partial charge in [-0.05, 0) is 50.7 Å². The zero-order chi connectivity index (χ0) is 22.3. The number of aryl methyl sites for hydroxylation is 2. The molecule has 0 fully saturated rings. The van der Waals surface area contributed by atoms with Crippen molar-refractivity contribution in [2.45, 2.75) is 40.0 Å². The van der Waals surface area contributed by atoms with Crippen molar-refractivity contribution in [3.63, 3.8) is 0 Å². The summed E-state index contributed by atoms with van der Waals surface area (Å²) < 4.78 is 6.48. The van der Waals surface area contributed by atoms with E-state index < -0.39 is 24.4 Å². The summed E-state index contributed by atoms with van der Waals surface area (Å²) in [4.78, 5) is 46.0. The van der Waals surface area contributed by atoms with Crippen LogP contribution >= 0.6 is 11.3 Å². The van der Waals surface area contributed by atoms with E-state index in [0.717, 1.165) is 41.1 Å². The van der Waals surface area contributed by atoms with Crippen molar-refractivity contribution in [2.75, 3.05) is 11.9 Å². The molecule has 1 aliphatic carbocycles. The van der Waals surface area contributed by atoms with E-state index in [1.165, 1.54) is 15.9 Å². The summed E-state index contributed by atoms with van der Waals surface area (Å²) in [6.07, 6.45) is 2.56. The molecule has 0 aromatic carbocycles. The lowest BCUT2D eigenvalue weighted by Crippen LogP contribution is -2.23. The van der Waals surface area contributed by atoms with Crippen LogP contribution < -0.4 is 11.1 Å². The van der Waals surface area contributed by atoms with Crippen LogP contribution in [0.1, 0.15) is 56.1 Å². The molecule has 3 aromatic rings. The van der Waals surface area contributed by atoms with Crippen molar-refractivity contribution in [1.82, 2.24) is 19.6 Å². The number of ether oxygens (including phenoxy) is 1. The van der Waals surface area contributed by atoms with Gasteiger partial charge in [0.1, 0.15) is 5.00 Å². The number of primary amides is 1. The fourth-order valence-electron chi connectivity index (χ4n) is 3.71. The van der Waals surface area contributed by atoms with E-state index >= 15 is 0 Å². The van der Waals surface area contributed by atoms with Gasteiger partial charge in [-0.25, -0.2) is 14.3 Å². The van der Waals surface area contributed by atoms with Crippen LogP contribution in [0, 0.1) is 19.8 Å². The third kappa shape index (κ3) is 4.13. The highest BCUT2D eigenvalue weighted by Gasteiger charge is 2.27. The average Bonchev–Trinajstić information content (AvgIpc) is 3.26. The molecule has 0 saturated heterocycles. The van der Waals surface area contributed by atoms with Crippen molar-refractivity contribution in [3.8, 4) is 0 Å². The van der Waals surface area contributed by atoms with E-state index in [1.807, 2.05) is 19.9 Å². The van der Waals surface area contributed by atoms with Crippen LogP contribution in [0.2, 0.25) is 0 Å². The monoisotopic (exact) mass is 442 g/mol. The molecule has 3 heterocycles. The molecule has 4 rings (SSSR count). The van der Waals surface area contributed by atoms with Gasteiger partial charge < -0.3 is 15.8 Å². The number of aromatic nitrogens is 4. The number of anilines is 1. The number of hydrogen-bond donors (Lipinski definition) is 2. The number of nitrogens with zero attached hydrogens (tertiary/aromatic N) is 4. The molecule has 162 valence electrons. The Hall–Kier alpha value is -3.34. The van der Waals surface area contributed by atoms with Crippen LogP contribution in [0.5, 0.6) is 0 Å². The first kappa shape index (κ1) is 20.9. The first-order valence-electron chi connectivity index (χ1n) is 9.85. The minimum absolute atomic E-state index is 0.188. The summed E-state index contributed by atoms with van der Waals surface area (Å²) in [5.74, 6) is -1.39. The van der Waals surface area contributed by atoms with Gasteiger partial charge in [0.2, 0.25) is 0 Å². The zero-order valence-corrected chi connectivity index (χ0v) is 18.2. The molecule has 0 spiro atoms. The maximum absolute atomic E-state index is 12.4. The Morgan fingerprint density at radius 3 is 2.84 bits per heavy atom. The molecular weight excluding hydrogens is 420 g/mol. The Morgan fingerprint density at radius 2 is 2.10 bits per heavy atom. The minimum Gasteiger partial charge on any atom is -0.450 e. The average molecular weight is 443 g/mol. The number of esters is 1. The molecule has 3 N–H and O–H groups in total. The number of hydrogen-bond acceptors (Lipinski definition) is 8. The Bertz CT molecular complexity index is 1210. The standard InChI is InChI=1S/C20H22N6O4S/c1-9-4-5-12-13(6-9)31-18(15(12)16(21)28)23-14(27)8-30-19(29)17-24-20-22-10(2)7-11(3)26(20)25-17/h7,9H,4-6,8H2,1-3H3,(H2,21,28)(H,23,27)/t9-/m1/s1. The molecule has 31 heavy (non-hydrogen) atoms. The van der Waals surface area contributed by atoms with Gasteiger partial charge in [-0.3, -0.25) is 9.59 Å². The van der Waals surface area contributed by atoms with E-state index in [0.29, 0.717) is 16.5 Å². The molecule has 1 atom stereocenters. The van der Waals surface area contributed by atoms with Gasteiger partial charge in [0, 0.05) is 16.3 Å². The topological polar surface area (TPSA) is 142 Å². The number of nitrogens with two attached hydrogens (primary N) is 1. The second kappa shape index (κ2) is 8.06. The highest BCUT2D eigenvalue weighted by atomic mass is 32.1. The SMILES string of the molecule is Cc1cc(C)n2nc(C(=O)OCC(=O)Nc3sc4c(c3C(N)=O)CC[C@@H](C)C4)nc2n1. The lowest BCUT2D eigenvalue weighted by Gasteiger charge is -2.18. The number of carbonyl (C=O) groups excluding carboxylic acids is 3. The van der Waals surface area contributed by atoms with E-state index in [4.69, 9.17) is 10.5 Å². The fraction of sp³-hybridized carbons (Fsp3) is 0.400. The molecule has 3 aromatic heterocycles. The van der Waals surface area contributed by atoms with E-state index in [1.54, 1.807) is 0 Å². The van der Waals surface area contributed by atoms with Gasteiger partial charge in [0.25, 0.3) is 23.4 Å². The second-order valence-corrected chi connectivity index (χ2v) is 8.84. The molecule has 1 aliphatic rings. The number of fused-ring (bicyclic) bond motifs is 2. The van der Waals surface area contributed by atoms with Gasteiger partial charge in [-0.2, -0.15) is 4.98 Å². The quantitative estimate of drug-likeness (QED) is 0.574. The zero-order valence-electron chi connectivity index (χ0n) is 17.4. The number of thiophene rings is 1. The van der Waals surface area contributed by atoms with Gasteiger partial charge in [-0.15, -0.1) is 16.4 Å². The van der Waals surface area contributed by atoms with Gasteiger partial charge in [0.05, 0.1) is 5.56 Å². The van der Waals surface area contributed by atoms with Crippen molar-refractivity contribution in [1.29, 1.82) is 0 Å². The van der Waals surface area contributed by atoms with Crippen LogP contribution in [-0.2, 0) is 22.4 Å². The Balaban J connectivity index is 1.45. The summed E-state index contributed by atoms with van der Waals surface area (Å²) >= 11 is 1.35. The van der Waals surface area contributed by atoms with Crippen molar-refractivity contribution in [3.05, 3.63) is 39.3 Å². The molecule has 11 heteroatoms. The minimum atomic E-state index is -0.841. The van der Waals surface area contributed by atoms with Crippen molar-refractivity contribution < 1.29 is 19.1 Å². The smallest absolute Gasteiger partial charge is 0.378 e. The lowest BCUT2D eigenvalue weighted by molar-refractivity contribution is -0.119. The highest BCUT2D eigenvalue weighted by Crippen LogP contribution is 2.39. The summed E-state index contributed by atoms with van der Waals surface area (Å²) in [6, 6.07) is 1.81. The fourth-order valence-corrected chi connectivity index (χ4v) is 5.14. The summed E-state index contributed by atoms with van der Waals surface area (Å²) in [5, 5.41) is 7.14. The number of rotatable bonds is 5. The first-order chi connectivity index (χ1) is 14.7. The Morgan fingerprint density at radius 1 is 1.32 bits per heavy atom. The predicted molar refractivity (Wildman–Crippen MR) is 113 cm³/mol. The molecule has 0 aliphatic heterocycles. The van der Waals surface area contributed by atoms with E-state index in [-0.39, 0.29) is 11.6 Å². The molecule has 0 saturated carbocycles. The summed E-state index contributed by atoms with van der Waals surface area (Å²) in [7, 11) is 0. The highest BCUT2D eigenvalue weighted by molar-refractivity contribution is 7.17. The maximum Gasteiger partial charge on any atom is 0.378 e. The van der Waals surface area contributed by atoms with Crippen LogP contribution in [0.4, 0.5) is 5.00 Å². The number of nitrogens with one attached hydrogen (secondary N) is 1.